The molecule has 0 bridgehead atoms. The van der Waals surface area contributed by atoms with Crippen LogP contribution in [0.4, 0.5) is 0 Å². The predicted molar refractivity (Wildman–Crippen MR) is 122 cm³/mol. The quantitative estimate of drug-likeness (QED) is 0.372. The molecule has 0 saturated heterocycles. The van der Waals surface area contributed by atoms with Gasteiger partial charge in [-0.1, -0.05) is 72.8 Å². The van der Waals surface area contributed by atoms with Crippen LogP contribution in [0.2, 0.25) is 0 Å². The summed E-state index contributed by atoms with van der Waals surface area (Å²) in [6, 6.07) is 23.9. The third-order valence-electron chi connectivity index (χ3n) is 5.41. The number of benzene rings is 3. The first-order valence-corrected chi connectivity index (χ1v) is 9.88. The maximum absolute atomic E-state index is 12.0. The third kappa shape index (κ3) is 3.15. The first kappa shape index (κ1) is 19.4. The Hall–Kier alpha value is -4.58. The zero-order valence-electron chi connectivity index (χ0n) is 16.7. The van der Waals surface area contributed by atoms with Gasteiger partial charge in [0.2, 0.25) is 0 Å². The highest BCUT2D eigenvalue weighted by molar-refractivity contribution is 6.15. The van der Waals surface area contributed by atoms with Crippen LogP contribution in [0, 0.1) is 0 Å². The maximum atomic E-state index is 12.0. The number of fused-ring (bicyclic) bond motifs is 3. The van der Waals surface area contributed by atoms with Gasteiger partial charge in [0.1, 0.15) is 5.69 Å². The molecule has 0 saturated carbocycles. The van der Waals surface area contributed by atoms with Gasteiger partial charge in [0, 0.05) is 22.5 Å². The van der Waals surface area contributed by atoms with E-state index in [0.717, 1.165) is 22.1 Å². The van der Waals surface area contributed by atoms with E-state index in [2.05, 4.69) is 9.97 Å². The molecule has 154 valence electrons. The standard InChI is InChI=1S/C26H16N2O4/c29-25(30)20-14-27-23-18(22(20)16-9-5-2-6-10-16)12-11-17-19(15-7-3-1-4-8-15)13-21(26(31)32)28-24(17)23/h1-14H,(H,29,30)(H,31,32). The molecule has 0 aliphatic rings. The minimum atomic E-state index is -1.15. The average Bonchev–Trinajstić information content (AvgIpc) is 2.83. The fraction of sp³-hybridized carbons (Fsp3) is 0. The van der Waals surface area contributed by atoms with Crippen molar-refractivity contribution in [2.75, 3.05) is 0 Å². The Balaban J connectivity index is 1.93. The highest BCUT2D eigenvalue weighted by atomic mass is 16.4. The Morgan fingerprint density at radius 2 is 1.31 bits per heavy atom. The summed E-state index contributed by atoms with van der Waals surface area (Å²) in [5.74, 6) is -2.23. The van der Waals surface area contributed by atoms with Gasteiger partial charge in [-0.15, -0.1) is 0 Å². The van der Waals surface area contributed by atoms with Gasteiger partial charge < -0.3 is 10.2 Å². The molecule has 2 aromatic heterocycles. The van der Waals surface area contributed by atoms with Crippen molar-refractivity contribution in [1.82, 2.24) is 9.97 Å². The Labute approximate surface area is 182 Å². The van der Waals surface area contributed by atoms with Crippen LogP contribution in [0.1, 0.15) is 20.8 Å². The Morgan fingerprint density at radius 3 is 1.94 bits per heavy atom. The van der Waals surface area contributed by atoms with Crippen LogP contribution >= 0.6 is 0 Å². The lowest BCUT2D eigenvalue weighted by molar-refractivity contribution is 0.0683. The van der Waals surface area contributed by atoms with Crippen molar-refractivity contribution in [2.45, 2.75) is 0 Å². The molecule has 0 fully saturated rings. The van der Waals surface area contributed by atoms with E-state index in [-0.39, 0.29) is 11.3 Å². The first-order valence-electron chi connectivity index (χ1n) is 9.88. The molecule has 5 rings (SSSR count). The van der Waals surface area contributed by atoms with Gasteiger partial charge in [0.15, 0.2) is 0 Å². The average molecular weight is 420 g/mol. The highest BCUT2D eigenvalue weighted by Gasteiger charge is 2.20. The zero-order chi connectivity index (χ0) is 22.2. The summed E-state index contributed by atoms with van der Waals surface area (Å²) in [4.78, 5) is 32.6. The molecule has 32 heavy (non-hydrogen) atoms. The van der Waals surface area contributed by atoms with Crippen LogP contribution in [0.3, 0.4) is 0 Å². The van der Waals surface area contributed by atoms with Gasteiger partial charge >= 0.3 is 11.9 Å². The Morgan fingerprint density at radius 1 is 0.688 bits per heavy atom. The normalized spacial score (nSPS) is 11.0. The summed E-state index contributed by atoms with van der Waals surface area (Å²) in [5, 5.41) is 20.8. The summed E-state index contributed by atoms with van der Waals surface area (Å²) in [6.45, 7) is 0. The van der Waals surface area contributed by atoms with Gasteiger partial charge in [-0.05, 0) is 22.8 Å². The Bertz CT molecular complexity index is 1510. The van der Waals surface area contributed by atoms with Crippen molar-refractivity contribution >= 4 is 33.7 Å². The van der Waals surface area contributed by atoms with E-state index in [0.29, 0.717) is 22.0 Å². The van der Waals surface area contributed by atoms with Crippen molar-refractivity contribution < 1.29 is 19.8 Å². The lowest BCUT2D eigenvalue weighted by Gasteiger charge is -2.14. The van der Waals surface area contributed by atoms with Crippen LogP contribution in [0.25, 0.3) is 44.1 Å². The Kier molecular flexibility index (Phi) is 4.60. The fourth-order valence-corrected chi connectivity index (χ4v) is 3.99. The number of carboxylic acids is 2. The number of hydrogen-bond donors (Lipinski definition) is 2. The lowest BCUT2D eigenvalue weighted by atomic mass is 9.93. The van der Waals surface area contributed by atoms with Gasteiger partial charge in [0.25, 0.3) is 0 Å². The maximum Gasteiger partial charge on any atom is 0.354 e. The van der Waals surface area contributed by atoms with E-state index in [1.54, 1.807) is 6.07 Å². The molecular formula is C26H16N2O4. The van der Waals surface area contributed by atoms with E-state index >= 15 is 0 Å². The van der Waals surface area contributed by atoms with E-state index in [4.69, 9.17) is 0 Å². The number of nitrogens with zero attached hydrogens (tertiary/aromatic N) is 2. The van der Waals surface area contributed by atoms with Gasteiger partial charge in [-0.25, -0.2) is 14.6 Å². The molecule has 0 atom stereocenters. The van der Waals surface area contributed by atoms with Crippen molar-refractivity contribution in [3.63, 3.8) is 0 Å². The van der Waals surface area contributed by atoms with E-state index < -0.39 is 11.9 Å². The molecule has 6 nitrogen and oxygen atoms in total. The van der Waals surface area contributed by atoms with Crippen molar-refractivity contribution in [3.8, 4) is 22.3 Å². The predicted octanol–water partition coefficient (Wildman–Crippen LogP) is 5.51. The summed E-state index contributed by atoms with van der Waals surface area (Å²) >= 11 is 0. The molecule has 5 aromatic rings. The minimum Gasteiger partial charge on any atom is -0.478 e. The second-order valence-corrected chi connectivity index (χ2v) is 7.30. The molecule has 2 heterocycles. The first-order chi connectivity index (χ1) is 15.5. The van der Waals surface area contributed by atoms with E-state index in [9.17, 15) is 19.8 Å². The summed E-state index contributed by atoms with van der Waals surface area (Å²) in [7, 11) is 0. The second kappa shape index (κ2) is 7.59. The number of carbonyl (C=O) groups is 2. The second-order valence-electron chi connectivity index (χ2n) is 7.30. The van der Waals surface area contributed by atoms with Crippen LogP contribution in [0.15, 0.2) is 85.1 Å². The zero-order valence-corrected chi connectivity index (χ0v) is 16.7. The molecule has 0 unspecified atom stereocenters. The van der Waals surface area contributed by atoms with E-state index in [1.165, 1.54) is 6.20 Å². The van der Waals surface area contributed by atoms with Crippen LogP contribution in [0.5, 0.6) is 0 Å². The number of pyridine rings is 2. The van der Waals surface area contributed by atoms with Gasteiger partial charge in [0.05, 0.1) is 16.6 Å². The summed E-state index contributed by atoms with van der Waals surface area (Å²) < 4.78 is 0. The number of aromatic carboxylic acids is 2. The fourth-order valence-electron chi connectivity index (χ4n) is 3.99. The summed E-state index contributed by atoms with van der Waals surface area (Å²) in [6.07, 6.45) is 1.31. The van der Waals surface area contributed by atoms with Crippen molar-refractivity contribution in [2.24, 2.45) is 0 Å². The number of carboxylic acid groups (broad SMARTS) is 2. The number of hydrogen-bond acceptors (Lipinski definition) is 4. The SMILES string of the molecule is O=C(O)c1cc(-c2ccccc2)c2ccc3c(-c4ccccc4)c(C(=O)O)cnc3c2n1. The molecule has 0 aliphatic carbocycles. The molecule has 3 aromatic carbocycles. The van der Waals surface area contributed by atoms with Gasteiger partial charge in [-0.3, -0.25) is 4.98 Å². The van der Waals surface area contributed by atoms with Crippen molar-refractivity contribution in [3.05, 3.63) is 96.3 Å². The van der Waals surface area contributed by atoms with Crippen LogP contribution in [-0.4, -0.2) is 32.1 Å². The lowest BCUT2D eigenvalue weighted by Crippen LogP contribution is -2.04. The van der Waals surface area contributed by atoms with E-state index in [1.807, 2.05) is 72.8 Å². The molecule has 0 radical (unpaired) electrons. The van der Waals surface area contributed by atoms with Crippen molar-refractivity contribution in [1.29, 1.82) is 0 Å². The highest BCUT2D eigenvalue weighted by Crippen LogP contribution is 2.37. The van der Waals surface area contributed by atoms with Crippen LogP contribution in [-0.2, 0) is 0 Å². The monoisotopic (exact) mass is 420 g/mol. The third-order valence-corrected chi connectivity index (χ3v) is 5.41. The molecule has 0 amide bonds. The molecule has 0 spiro atoms. The van der Waals surface area contributed by atoms with Gasteiger partial charge in [-0.2, -0.15) is 0 Å². The number of aromatic nitrogens is 2. The molecule has 2 N–H and O–H groups in total. The molecule has 0 aliphatic heterocycles. The summed E-state index contributed by atoms with van der Waals surface area (Å²) in [5.41, 5.74) is 3.66. The number of rotatable bonds is 4. The smallest absolute Gasteiger partial charge is 0.354 e. The topological polar surface area (TPSA) is 100 Å². The minimum absolute atomic E-state index is 0.0701. The molecular weight excluding hydrogens is 404 g/mol. The van der Waals surface area contributed by atoms with Crippen LogP contribution < -0.4 is 0 Å². The molecule has 6 heteroatoms. The largest absolute Gasteiger partial charge is 0.478 e.